The van der Waals surface area contributed by atoms with Crippen LogP contribution >= 0.6 is 11.3 Å². The van der Waals surface area contributed by atoms with Gasteiger partial charge in [0.1, 0.15) is 0 Å². The van der Waals surface area contributed by atoms with Gasteiger partial charge in [0, 0.05) is 50.8 Å². The maximum absolute atomic E-state index is 12.8. The summed E-state index contributed by atoms with van der Waals surface area (Å²) >= 11 is 1.29. The van der Waals surface area contributed by atoms with E-state index in [-0.39, 0.29) is 18.9 Å². The molecule has 2 saturated heterocycles. The van der Waals surface area contributed by atoms with Crippen molar-refractivity contribution in [3.8, 4) is 23.7 Å². The predicted octanol–water partition coefficient (Wildman–Crippen LogP) is 0.336. The van der Waals surface area contributed by atoms with E-state index in [1.165, 1.54) is 28.6 Å². The molecule has 11 heteroatoms. The zero-order valence-electron chi connectivity index (χ0n) is 19.1. The highest BCUT2D eigenvalue weighted by molar-refractivity contribution is 7.92. The van der Waals surface area contributed by atoms with Gasteiger partial charge in [-0.1, -0.05) is 5.92 Å². The number of hydrogen-bond donors (Lipinski definition) is 2. The van der Waals surface area contributed by atoms with E-state index in [4.69, 9.17) is 9.94 Å². The van der Waals surface area contributed by atoms with Gasteiger partial charge in [0.25, 0.3) is 11.8 Å². The molecule has 0 spiro atoms. The van der Waals surface area contributed by atoms with Crippen LogP contribution in [0.2, 0.25) is 0 Å². The van der Waals surface area contributed by atoms with E-state index in [1.54, 1.807) is 0 Å². The van der Waals surface area contributed by atoms with Crippen LogP contribution in [0.15, 0.2) is 6.07 Å². The van der Waals surface area contributed by atoms with Crippen LogP contribution in [-0.2, 0) is 25.9 Å². The second-order valence-corrected chi connectivity index (χ2v) is 12.7. The Kier molecular flexibility index (Phi) is 7.04. The lowest BCUT2D eigenvalue weighted by atomic mass is 9.98. The molecule has 9 nitrogen and oxygen atoms in total. The number of amides is 2. The number of sulfone groups is 1. The maximum Gasteiger partial charge on any atom is 0.264 e. The van der Waals surface area contributed by atoms with Crippen LogP contribution in [0.4, 0.5) is 0 Å². The largest absolute Gasteiger partial charge is 0.381 e. The number of nitrogens with one attached hydrogen (secondary N) is 1. The lowest BCUT2D eigenvalue weighted by Gasteiger charge is -2.40. The molecule has 0 radical (unpaired) electrons. The van der Waals surface area contributed by atoms with Crippen LogP contribution in [0.1, 0.15) is 33.5 Å². The number of hydroxylamine groups is 1. The highest BCUT2D eigenvalue weighted by Crippen LogP contribution is 2.32. The molecule has 2 N–H and O–H groups in total. The highest BCUT2D eigenvalue weighted by Gasteiger charge is 2.44. The molecule has 1 aromatic rings. The number of fused-ring (bicyclic) bond motifs is 1. The molecular formula is C23H27N3O6S2. The van der Waals surface area contributed by atoms with Gasteiger partial charge in [0.2, 0.25) is 0 Å². The van der Waals surface area contributed by atoms with Crippen LogP contribution in [0.5, 0.6) is 0 Å². The van der Waals surface area contributed by atoms with Crippen molar-refractivity contribution < 1.29 is 28.0 Å². The van der Waals surface area contributed by atoms with Crippen molar-refractivity contribution in [2.75, 3.05) is 45.6 Å². The van der Waals surface area contributed by atoms with Gasteiger partial charge in [0.15, 0.2) is 14.6 Å². The smallest absolute Gasteiger partial charge is 0.264 e. The molecule has 1 atom stereocenters. The molecule has 4 rings (SSSR count). The van der Waals surface area contributed by atoms with E-state index < -0.39 is 20.5 Å². The first-order chi connectivity index (χ1) is 16.1. The van der Waals surface area contributed by atoms with Gasteiger partial charge in [-0.05, 0) is 42.7 Å². The fourth-order valence-electron chi connectivity index (χ4n) is 4.12. The zero-order chi connectivity index (χ0) is 24.5. The van der Waals surface area contributed by atoms with Crippen molar-refractivity contribution in [3.63, 3.8) is 0 Å². The summed E-state index contributed by atoms with van der Waals surface area (Å²) in [5.74, 6) is 11.8. The van der Waals surface area contributed by atoms with Gasteiger partial charge in [0.05, 0.1) is 23.0 Å². The summed E-state index contributed by atoms with van der Waals surface area (Å²) in [6.07, 6.45) is 0.804. The first-order valence-corrected chi connectivity index (χ1v) is 13.7. The molecule has 0 aromatic carbocycles. The van der Waals surface area contributed by atoms with Crippen molar-refractivity contribution in [2.24, 2.45) is 11.8 Å². The van der Waals surface area contributed by atoms with Gasteiger partial charge in [-0.2, -0.15) is 0 Å². The second kappa shape index (κ2) is 9.68. The van der Waals surface area contributed by atoms with E-state index in [0.29, 0.717) is 23.3 Å². The lowest BCUT2D eigenvalue weighted by Crippen LogP contribution is -2.50. The SMILES string of the molecule is C[C@@](CCN1Cc2cc(C#CC#CC3CN(CC4COC4)C3)sc2C1=O)(C(=O)NO)S(C)(=O)=O. The molecule has 2 fully saturated rings. The second-order valence-electron chi connectivity index (χ2n) is 9.22. The van der Waals surface area contributed by atoms with Crippen molar-refractivity contribution in [1.82, 2.24) is 15.3 Å². The summed E-state index contributed by atoms with van der Waals surface area (Å²) in [4.78, 5) is 29.9. The molecule has 0 aliphatic carbocycles. The van der Waals surface area contributed by atoms with Gasteiger partial charge >= 0.3 is 0 Å². The minimum absolute atomic E-state index is 0.0654. The number of carbonyl (C=O) groups excluding carboxylic acids is 2. The van der Waals surface area contributed by atoms with E-state index in [0.717, 1.165) is 49.5 Å². The molecule has 0 bridgehead atoms. The Balaban J connectivity index is 1.29. The first kappa shape index (κ1) is 24.7. The van der Waals surface area contributed by atoms with Crippen molar-refractivity contribution in [2.45, 2.75) is 24.6 Å². The zero-order valence-corrected chi connectivity index (χ0v) is 20.7. The molecule has 4 heterocycles. The minimum atomic E-state index is -3.82. The Bertz CT molecular complexity index is 1210. The fraction of sp³-hybridized carbons (Fsp3) is 0.565. The molecule has 3 aliphatic heterocycles. The van der Waals surface area contributed by atoms with E-state index in [2.05, 4.69) is 28.6 Å². The average molecular weight is 506 g/mol. The van der Waals surface area contributed by atoms with Crippen LogP contribution < -0.4 is 5.48 Å². The molecule has 3 aliphatic rings. The number of nitrogens with zero attached hydrogens (tertiary/aromatic N) is 2. The number of carbonyl (C=O) groups is 2. The van der Waals surface area contributed by atoms with Crippen LogP contribution in [-0.4, -0.2) is 85.6 Å². The van der Waals surface area contributed by atoms with E-state index in [9.17, 15) is 18.0 Å². The number of thiophene rings is 1. The molecular weight excluding hydrogens is 478 g/mol. The number of likely N-dealkylation sites (tertiary alicyclic amines) is 1. The molecule has 2 amide bonds. The third kappa shape index (κ3) is 4.99. The van der Waals surface area contributed by atoms with Crippen LogP contribution in [0.25, 0.3) is 0 Å². The topological polar surface area (TPSA) is 116 Å². The standard InChI is InChI=1S/C23H27N3O6S2/c1-23(22(28)24-29,34(2,30)31)7-8-26-13-18-9-19(33-20(18)21(26)27)6-4-3-5-16-10-25(11-16)12-17-14-32-15-17/h9,16-17,29H,7-8,10-15H2,1-2H3,(H,24,28)/t23-/m1/s1. The Morgan fingerprint density at radius 2 is 2.09 bits per heavy atom. The number of ether oxygens (including phenoxy) is 1. The van der Waals surface area contributed by atoms with Gasteiger partial charge in [-0.25, -0.2) is 13.9 Å². The third-order valence-corrected chi connectivity index (χ3v) is 9.72. The van der Waals surface area contributed by atoms with E-state index in [1.807, 2.05) is 6.07 Å². The molecule has 182 valence electrons. The summed E-state index contributed by atoms with van der Waals surface area (Å²) in [7, 11) is -3.82. The Morgan fingerprint density at radius 1 is 1.35 bits per heavy atom. The fourth-order valence-corrected chi connectivity index (χ4v) is 5.96. The summed E-state index contributed by atoms with van der Waals surface area (Å²) in [5.41, 5.74) is 2.25. The minimum Gasteiger partial charge on any atom is -0.381 e. The Hall–Kier alpha value is -2.41. The van der Waals surface area contributed by atoms with Crippen LogP contribution in [0.3, 0.4) is 0 Å². The predicted molar refractivity (Wildman–Crippen MR) is 126 cm³/mol. The normalized spacial score (nSPS) is 20.2. The summed E-state index contributed by atoms with van der Waals surface area (Å²) in [6.45, 7) is 6.39. The van der Waals surface area contributed by atoms with Crippen LogP contribution in [0, 0.1) is 35.5 Å². The molecule has 0 saturated carbocycles. The van der Waals surface area contributed by atoms with E-state index >= 15 is 0 Å². The van der Waals surface area contributed by atoms with Gasteiger partial charge < -0.3 is 14.5 Å². The van der Waals surface area contributed by atoms with Crippen molar-refractivity contribution >= 4 is 33.0 Å². The van der Waals surface area contributed by atoms with Crippen molar-refractivity contribution in [1.29, 1.82) is 0 Å². The van der Waals surface area contributed by atoms with Gasteiger partial charge in [-0.15, -0.1) is 11.3 Å². The third-order valence-electron chi connectivity index (χ3n) is 6.62. The average Bonchev–Trinajstić information content (AvgIpc) is 3.25. The summed E-state index contributed by atoms with van der Waals surface area (Å²) in [5, 5.41) is 8.94. The summed E-state index contributed by atoms with van der Waals surface area (Å²) < 4.78 is 27.6. The maximum atomic E-state index is 12.8. The molecule has 0 unspecified atom stereocenters. The number of hydrogen-bond acceptors (Lipinski definition) is 8. The van der Waals surface area contributed by atoms with Crippen molar-refractivity contribution in [3.05, 3.63) is 21.4 Å². The Morgan fingerprint density at radius 3 is 2.68 bits per heavy atom. The quantitative estimate of drug-likeness (QED) is 0.312. The summed E-state index contributed by atoms with van der Waals surface area (Å²) in [6, 6.07) is 1.86. The lowest BCUT2D eigenvalue weighted by molar-refractivity contribution is -0.131. The molecule has 1 aromatic heterocycles. The monoisotopic (exact) mass is 505 g/mol. The Labute approximate surface area is 203 Å². The van der Waals surface area contributed by atoms with Gasteiger partial charge in [-0.3, -0.25) is 14.8 Å². The number of rotatable bonds is 7. The highest BCUT2D eigenvalue weighted by atomic mass is 32.2. The molecule has 34 heavy (non-hydrogen) atoms. The first-order valence-electron chi connectivity index (χ1n) is 11.0.